The second kappa shape index (κ2) is 9.44. The SMILES string of the molecule is OC[C@@]1(Cc2ccccc2)[C@@H]2C=C[C@@H](C2)[C@H]1[Sn]([c]1ccccc1)([c]1ccccc1)[c]1ccccc1. The molecule has 35 heavy (non-hydrogen) atoms. The van der Waals surface area contributed by atoms with Gasteiger partial charge in [0.05, 0.1) is 0 Å². The van der Waals surface area contributed by atoms with E-state index in [0.717, 1.165) is 12.8 Å². The number of hydrogen-bond acceptors (Lipinski definition) is 1. The first kappa shape index (κ1) is 22.8. The summed E-state index contributed by atoms with van der Waals surface area (Å²) >= 11 is -3.68. The molecule has 0 aromatic heterocycles. The van der Waals surface area contributed by atoms with Crippen molar-refractivity contribution in [2.75, 3.05) is 6.61 Å². The van der Waals surface area contributed by atoms with Crippen molar-refractivity contribution in [3.05, 3.63) is 139 Å². The molecule has 2 aliphatic carbocycles. The van der Waals surface area contributed by atoms with Crippen LogP contribution >= 0.6 is 0 Å². The fourth-order valence-electron chi connectivity index (χ4n) is 7.44. The summed E-state index contributed by atoms with van der Waals surface area (Å²) in [6, 6.07) is 44.9. The van der Waals surface area contributed by atoms with E-state index in [0.29, 0.717) is 15.8 Å². The van der Waals surface area contributed by atoms with Crippen LogP contribution in [0.1, 0.15) is 12.0 Å². The molecule has 2 heteroatoms. The van der Waals surface area contributed by atoms with Gasteiger partial charge in [-0.3, -0.25) is 0 Å². The molecule has 0 heterocycles. The number of aliphatic hydroxyl groups is 1. The van der Waals surface area contributed by atoms with Gasteiger partial charge < -0.3 is 0 Å². The van der Waals surface area contributed by atoms with Crippen molar-refractivity contribution < 1.29 is 5.11 Å². The summed E-state index contributed by atoms with van der Waals surface area (Å²) in [4.78, 5) is 0. The molecule has 1 N–H and O–H groups in total. The zero-order chi connectivity index (χ0) is 23.7. The summed E-state index contributed by atoms with van der Waals surface area (Å²) in [5, 5.41) is 11.4. The van der Waals surface area contributed by atoms with Crippen molar-refractivity contribution in [3.8, 4) is 0 Å². The topological polar surface area (TPSA) is 20.2 Å². The zero-order valence-electron chi connectivity index (χ0n) is 20.0. The predicted octanol–water partition coefficient (Wildman–Crippen LogP) is 4.95. The van der Waals surface area contributed by atoms with E-state index < -0.39 is 18.4 Å². The standard InChI is InChI=1S/C15H17O.3C6H5.Sn/c16-11-15(9-12-4-2-1-3-5-12)10-13-6-7-14(15)8-13;3*1-2-4-6-5-3-1;/h1-7,10,13-14,16H,8-9,11H2;3*1-5H;/t13-,14+,15-;;;;/m0..../s1. The molecule has 0 amide bonds. The van der Waals surface area contributed by atoms with Gasteiger partial charge in [-0.25, -0.2) is 0 Å². The molecular weight excluding hydrogens is 531 g/mol. The molecule has 0 saturated heterocycles. The summed E-state index contributed by atoms with van der Waals surface area (Å²) in [5.74, 6) is 0.905. The second-order valence-electron chi connectivity index (χ2n) is 10.3. The van der Waals surface area contributed by atoms with Gasteiger partial charge >= 0.3 is 214 Å². The summed E-state index contributed by atoms with van der Waals surface area (Å²) in [7, 11) is 0. The van der Waals surface area contributed by atoms with E-state index in [2.05, 4.69) is 133 Å². The maximum absolute atomic E-state index is 11.4. The first-order valence-corrected chi connectivity index (χ1v) is 18.7. The molecule has 0 spiro atoms. The third-order valence-corrected chi connectivity index (χ3v) is 24.9. The Labute approximate surface area is 213 Å². The molecule has 4 atom stereocenters. The Bertz CT molecular complexity index is 1190. The Morgan fingerprint density at radius 1 is 0.629 bits per heavy atom. The van der Waals surface area contributed by atoms with Crippen LogP contribution in [0.5, 0.6) is 0 Å². The van der Waals surface area contributed by atoms with E-state index in [9.17, 15) is 5.11 Å². The first-order valence-electron chi connectivity index (χ1n) is 12.8. The Morgan fingerprint density at radius 2 is 1.09 bits per heavy atom. The minimum atomic E-state index is -3.68. The molecule has 4 aromatic rings. The van der Waals surface area contributed by atoms with Gasteiger partial charge in [0.1, 0.15) is 0 Å². The van der Waals surface area contributed by atoms with E-state index in [4.69, 9.17) is 0 Å². The normalized spacial score (nSPS) is 25.1. The van der Waals surface area contributed by atoms with Crippen molar-refractivity contribution in [2.45, 2.75) is 16.8 Å². The van der Waals surface area contributed by atoms with E-state index in [1.807, 2.05) is 0 Å². The number of hydrogen-bond donors (Lipinski definition) is 1. The van der Waals surface area contributed by atoms with Crippen molar-refractivity contribution in [1.82, 2.24) is 0 Å². The molecule has 1 nitrogen and oxygen atoms in total. The number of fused-ring (bicyclic) bond motifs is 2. The Morgan fingerprint density at radius 3 is 1.54 bits per heavy atom. The summed E-state index contributed by atoms with van der Waals surface area (Å²) in [6.45, 7) is 0.225. The number of allylic oxidation sites excluding steroid dienone is 2. The van der Waals surface area contributed by atoms with Crippen LogP contribution < -0.4 is 10.7 Å². The van der Waals surface area contributed by atoms with Crippen LogP contribution in [0.15, 0.2) is 133 Å². The molecule has 4 aromatic carbocycles. The Balaban J connectivity index is 1.67. The van der Waals surface area contributed by atoms with Crippen LogP contribution in [0.4, 0.5) is 0 Å². The van der Waals surface area contributed by atoms with Crippen molar-refractivity contribution in [2.24, 2.45) is 17.3 Å². The van der Waals surface area contributed by atoms with Crippen LogP contribution in [0.25, 0.3) is 0 Å². The number of benzene rings is 4. The third-order valence-electron chi connectivity index (χ3n) is 8.73. The number of aliphatic hydroxyl groups excluding tert-OH is 1. The van der Waals surface area contributed by atoms with Gasteiger partial charge in [-0.15, -0.1) is 0 Å². The summed E-state index contributed by atoms with van der Waals surface area (Å²) < 4.78 is 4.95. The second-order valence-corrected chi connectivity index (χ2v) is 21.7. The van der Waals surface area contributed by atoms with Crippen LogP contribution in [0, 0.1) is 17.3 Å². The van der Waals surface area contributed by atoms with Crippen molar-refractivity contribution >= 4 is 29.1 Å². The van der Waals surface area contributed by atoms with Gasteiger partial charge in [-0.05, 0) is 0 Å². The Hall–Kier alpha value is -2.62. The average molecular weight is 563 g/mol. The van der Waals surface area contributed by atoms with Crippen molar-refractivity contribution in [1.29, 1.82) is 0 Å². The maximum atomic E-state index is 11.4. The molecule has 0 unspecified atom stereocenters. The van der Waals surface area contributed by atoms with Crippen LogP contribution in [0.3, 0.4) is 0 Å². The van der Waals surface area contributed by atoms with Gasteiger partial charge in [0, 0.05) is 0 Å². The molecule has 1 fully saturated rings. The van der Waals surface area contributed by atoms with Gasteiger partial charge in [0.15, 0.2) is 0 Å². The monoisotopic (exact) mass is 564 g/mol. The molecule has 6 rings (SSSR count). The van der Waals surface area contributed by atoms with Gasteiger partial charge in [-0.2, -0.15) is 0 Å². The van der Waals surface area contributed by atoms with E-state index in [1.54, 1.807) is 0 Å². The molecule has 2 bridgehead atoms. The summed E-state index contributed by atoms with van der Waals surface area (Å²) in [5.41, 5.74) is 1.17. The molecule has 1 saturated carbocycles. The fourth-order valence-corrected chi connectivity index (χ4v) is 25.7. The van der Waals surface area contributed by atoms with Crippen LogP contribution in [0.2, 0.25) is 3.93 Å². The van der Waals surface area contributed by atoms with Gasteiger partial charge in [-0.1, -0.05) is 0 Å². The summed E-state index contributed by atoms with van der Waals surface area (Å²) in [6.07, 6.45) is 7.00. The Kier molecular flexibility index (Phi) is 6.16. The first-order chi connectivity index (χ1) is 17.3. The molecule has 2 aliphatic rings. The van der Waals surface area contributed by atoms with Gasteiger partial charge in [0.25, 0.3) is 0 Å². The molecule has 0 radical (unpaired) electrons. The molecular formula is C33H32OSn. The van der Waals surface area contributed by atoms with Crippen LogP contribution in [-0.2, 0) is 6.42 Å². The molecule has 0 aliphatic heterocycles. The van der Waals surface area contributed by atoms with Gasteiger partial charge in [0.2, 0.25) is 0 Å². The van der Waals surface area contributed by atoms with Crippen molar-refractivity contribution in [3.63, 3.8) is 0 Å². The van der Waals surface area contributed by atoms with Crippen LogP contribution in [-0.4, -0.2) is 30.1 Å². The van der Waals surface area contributed by atoms with E-state index in [1.165, 1.54) is 16.3 Å². The third kappa shape index (κ3) is 3.63. The van der Waals surface area contributed by atoms with E-state index in [-0.39, 0.29) is 12.0 Å². The average Bonchev–Trinajstić information content (AvgIpc) is 3.53. The van der Waals surface area contributed by atoms with E-state index >= 15 is 0 Å². The zero-order valence-corrected chi connectivity index (χ0v) is 22.9. The quantitative estimate of drug-likeness (QED) is 0.249. The number of rotatable bonds is 7. The minimum absolute atomic E-state index is 0.168. The fraction of sp³-hybridized carbons (Fsp3) is 0.212. The molecule has 174 valence electrons. The predicted molar refractivity (Wildman–Crippen MR) is 148 cm³/mol.